The Morgan fingerprint density at radius 2 is 1.93 bits per heavy atom. The number of aliphatic carboxylic acids is 1. The zero-order valence-electron chi connectivity index (χ0n) is 15.4. The predicted molar refractivity (Wildman–Crippen MR) is 109 cm³/mol. The summed E-state index contributed by atoms with van der Waals surface area (Å²) >= 11 is 12.6. The highest BCUT2D eigenvalue weighted by Crippen LogP contribution is 2.42. The highest BCUT2D eigenvalue weighted by Gasteiger charge is 2.35. The molecule has 0 saturated heterocycles. The summed E-state index contributed by atoms with van der Waals surface area (Å²) in [5, 5.41) is 10.2. The van der Waals surface area contributed by atoms with Gasteiger partial charge in [0.25, 0.3) is 5.91 Å². The molecule has 28 heavy (non-hydrogen) atoms. The highest BCUT2D eigenvalue weighted by molar-refractivity contribution is 6.31. The van der Waals surface area contributed by atoms with Crippen molar-refractivity contribution in [1.82, 2.24) is 0 Å². The minimum Gasteiger partial charge on any atom is -0.478 e. The fourth-order valence-corrected chi connectivity index (χ4v) is 3.55. The molecule has 1 aliphatic rings. The molecule has 1 aliphatic heterocycles. The van der Waals surface area contributed by atoms with Crippen LogP contribution in [0.15, 0.2) is 54.3 Å². The lowest BCUT2D eigenvalue weighted by Gasteiger charge is -2.24. The number of benzene rings is 2. The second-order valence-electron chi connectivity index (χ2n) is 6.88. The molecule has 0 unspecified atom stereocenters. The first kappa shape index (κ1) is 20.2. The molecule has 2 aromatic rings. The molecule has 7 heteroatoms. The number of carboxylic acids is 1. The van der Waals surface area contributed by atoms with Gasteiger partial charge in [-0.25, -0.2) is 4.79 Å². The second-order valence-corrected chi connectivity index (χ2v) is 7.72. The quantitative estimate of drug-likeness (QED) is 0.702. The molecule has 3 rings (SSSR count). The van der Waals surface area contributed by atoms with Gasteiger partial charge in [0.1, 0.15) is 0 Å². The normalized spacial score (nSPS) is 18.0. The van der Waals surface area contributed by atoms with Crippen LogP contribution in [0.1, 0.15) is 31.1 Å². The number of carboxylic acid groups (broad SMARTS) is 1. The molecule has 146 valence electrons. The molecule has 0 radical (unpaired) electrons. The van der Waals surface area contributed by atoms with Gasteiger partial charge in [-0.15, -0.1) is 0 Å². The Morgan fingerprint density at radius 1 is 1.21 bits per heavy atom. The summed E-state index contributed by atoms with van der Waals surface area (Å²) in [7, 11) is 0. The van der Waals surface area contributed by atoms with Crippen molar-refractivity contribution in [2.75, 3.05) is 11.4 Å². The molecule has 0 saturated carbocycles. The van der Waals surface area contributed by atoms with Crippen molar-refractivity contribution in [1.29, 1.82) is 0 Å². The third-order valence-electron chi connectivity index (χ3n) is 4.25. The standard InChI is InChI=1S/C21H19Cl2NO4/c1-12(2)11-24-17-8-7-13(22)9-15(17)20(14-5-3-4-6-16(14)23)28-18(21(24)27)10-19(25)26/h3-10,12,20H,11H2,1-2H3,(H,25,26)/b18-10-/t20-/m1/s1. The third-order valence-corrected chi connectivity index (χ3v) is 4.83. The number of rotatable bonds is 4. The number of amides is 1. The minimum atomic E-state index is -1.27. The summed E-state index contributed by atoms with van der Waals surface area (Å²) in [6, 6.07) is 12.2. The van der Waals surface area contributed by atoms with Gasteiger partial charge in [0.05, 0.1) is 11.8 Å². The summed E-state index contributed by atoms with van der Waals surface area (Å²) in [4.78, 5) is 26.0. The molecule has 0 spiro atoms. The van der Waals surface area contributed by atoms with E-state index in [0.717, 1.165) is 6.08 Å². The maximum atomic E-state index is 13.1. The van der Waals surface area contributed by atoms with Crippen molar-refractivity contribution in [3.8, 4) is 0 Å². The van der Waals surface area contributed by atoms with E-state index in [2.05, 4.69) is 0 Å². The molecule has 1 amide bonds. The maximum absolute atomic E-state index is 13.1. The Balaban J connectivity index is 2.27. The van der Waals surface area contributed by atoms with Crippen LogP contribution in [-0.4, -0.2) is 23.5 Å². The lowest BCUT2D eigenvalue weighted by atomic mass is 9.99. The van der Waals surface area contributed by atoms with Gasteiger partial charge in [-0.1, -0.05) is 55.2 Å². The number of hydrogen-bond donors (Lipinski definition) is 1. The van der Waals surface area contributed by atoms with Crippen molar-refractivity contribution in [3.05, 3.63) is 75.5 Å². The largest absolute Gasteiger partial charge is 0.478 e. The lowest BCUT2D eigenvalue weighted by molar-refractivity contribution is -0.132. The van der Waals surface area contributed by atoms with Gasteiger partial charge in [0.15, 0.2) is 11.9 Å². The van der Waals surface area contributed by atoms with E-state index in [0.29, 0.717) is 33.4 Å². The van der Waals surface area contributed by atoms with Crippen molar-refractivity contribution in [3.63, 3.8) is 0 Å². The Morgan fingerprint density at radius 3 is 2.57 bits per heavy atom. The van der Waals surface area contributed by atoms with Crippen LogP contribution in [0.4, 0.5) is 5.69 Å². The summed E-state index contributed by atoms with van der Waals surface area (Å²) in [5.74, 6) is -1.90. The first-order chi connectivity index (χ1) is 13.3. The van der Waals surface area contributed by atoms with Crippen molar-refractivity contribution < 1.29 is 19.4 Å². The number of carbonyl (C=O) groups is 2. The van der Waals surface area contributed by atoms with Gasteiger partial charge in [-0.3, -0.25) is 4.79 Å². The molecule has 1 N–H and O–H groups in total. The van der Waals surface area contributed by atoms with Gasteiger partial charge in [0.2, 0.25) is 0 Å². The molecule has 0 fully saturated rings. The molecule has 1 atom stereocenters. The van der Waals surface area contributed by atoms with Gasteiger partial charge in [-0.2, -0.15) is 0 Å². The number of hydrogen-bond acceptors (Lipinski definition) is 3. The Kier molecular flexibility index (Phi) is 5.96. The van der Waals surface area contributed by atoms with Gasteiger partial charge in [-0.05, 0) is 30.2 Å². The first-order valence-corrected chi connectivity index (χ1v) is 9.50. The number of nitrogens with zero attached hydrogens (tertiary/aromatic N) is 1. The molecule has 2 aromatic carbocycles. The minimum absolute atomic E-state index is 0.149. The molecule has 0 bridgehead atoms. The topological polar surface area (TPSA) is 66.8 Å². The van der Waals surface area contributed by atoms with Crippen LogP contribution in [-0.2, 0) is 14.3 Å². The lowest BCUT2D eigenvalue weighted by Crippen LogP contribution is -2.35. The number of ether oxygens (including phenoxy) is 1. The summed E-state index contributed by atoms with van der Waals surface area (Å²) in [6.45, 7) is 4.34. The number of anilines is 1. The average Bonchev–Trinajstić information content (AvgIpc) is 2.72. The van der Waals surface area contributed by atoms with Crippen LogP contribution in [0.5, 0.6) is 0 Å². The second kappa shape index (κ2) is 8.25. The van der Waals surface area contributed by atoms with E-state index in [1.165, 1.54) is 4.90 Å². The monoisotopic (exact) mass is 419 g/mol. The number of carbonyl (C=O) groups excluding carboxylic acids is 1. The summed E-state index contributed by atoms with van der Waals surface area (Å²) in [6.07, 6.45) is 0.00148. The van der Waals surface area contributed by atoms with Gasteiger partial charge in [0, 0.05) is 27.7 Å². The number of fused-ring (bicyclic) bond motifs is 1. The van der Waals surface area contributed by atoms with E-state index in [1.54, 1.807) is 42.5 Å². The molecule has 1 heterocycles. The molecule has 0 aromatic heterocycles. The van der Waals surface area contributed by atoms with Crippen molar-refractivity contribution >= 4 is 40.8 Å². The highest BCUT2D eigenvalue weighted by atomic mass is 35.5. The third kappa shape index (κ3) is 4.16. The molecular weight excluding hydrogens is 401 g/mol. The van der Waals surface area contributed by atoms with Crippen LogP contribution >= 0.6 is 23.2 Å². The van der Waals surface area contributed by atoms with Crippen LogP contribution in [0, 0.1) is 5.92 Å². The average molecular weight is 420 g/mol. The fourth-order valence-electron chi connectivity index (χ4n) is 3.14. The van der Waals surface area contributed by atoms with E-state index >= 15 is 0 Å². The predicted octanol–water partition coefficient (Wildman–Crippen LogP) is 5.07. The van der Waals surface area contributed by atoms with Crippen LogP contribution < -0.4 is 4.90 Å². The van der Waals surface area contributed by atoms with Crippen LogP contribution in [0.2, 0.25) is 10.0 Å². The first-order valence-electron chi connectivity index (χ1n) is 8.75. The summed E-state index contributed by atoms with van der Waals surface area (Å²) in [5.41, 5.74) is 1.87. The van der Waals surface area contributed by atoms with E-state index in [1.807, 2.05) is 13.8 Å². The molecular formula is C21H19Cl2NO4. The van der Waals surface area contributed by atoms with Gasteiger partial charge < -0.3 is 14.7 Å². The SMILES string of the molecule is CC(C)CN1C(=O)/C(=C/C(=O)O)O[C@H](c2ccccc2Cl)c2cc(Cl)ccc21. The van der Waals surface area contributed by atoms with Crippen molar-refractivity contribution in [2.45, 2.75) is 20.0 Å². The number of halogens is 2. The Labute approximate surface area is 173 Å². The smallest absolute Gasteiger partial charge is 0.332 e. The van der Waals surface area contributed by atoms with E-state index in [4.69, 9.17) is 27.9 Å². The zero-order chi connectivity index (χ0) is 20.4. The van der Waals surface area contributed by atoms with Crippen molar-refractivity contribution in [2.24, 2.45) is 5.92 Å². The molecule has 0 aliphatic carbocycles. The Hall–Kier alpha value is -2.50. The van der Waals surface area contributed by atoms with Crippen LogP contribution in [0.25, 0.3) is 0 Å². The van der Waals surface area contributed by atoms with E-state index in [-0.39, 0.29) is 11.7 Å². The fraction of sp³-hybridized carbons (Fsp3) is 0.238. The Bertz CT molecular complexity index is 955. The van der Waals surface area contributed by atoms with Crippen LogP contribution in [0.3, 0.4) is 0 Å². The van der Waals surface area contributed by atoms with Gasteiger partial charge >= 0.3 is 5.97 Å². The summed E-state index contributed by atoms with van der Waals surface area (Å²) < 4.78 is 5.94. The van der Waals surface area contributed by atoms with E-state index in [9.17, 15) is 14.7 Å². The van der Waals surface area contributed by atoms with E-state index < -0.39 is 18.0 Å². The maximum Gasteiger partial charge on any atom is 0.332 e. The molecule has 5 nitrogen and oxygen atoms in total. The zero-order valence-corrected chi connectivity index (χ0v) is 16.9.